The fourth-order valence-corrected chi connectivity index (χ4v) is 2.40. The highest BCUT2D eigenvalue weighted by Gasteiger charge is 2.07. The van der Waals surface area contributed by atoms with Crippen molar-refractivity contribution in [2.75, 3.05) is 17.7 Å². The predicted molar refractivity (Wildman–Crippen MR) is 80.7 cm³/mol. The quantitative estimate of drug-likeness (QED) is 0.737. The van der Waals surface area contributed by atoms with E-state index in [0.29, 0.717) is 24.4 Å². The van der Waals surface area contributed by atoms with Crippen LogP contribution in [0.1, 0.15) is 10.7 Å². The van der Waals surface area contributed by atoms with Crippen molar-refractivity contribution < 1.29 is 0 Å². The zero-order chi connectivity index (χ0) is 14.7. The largest absolute Gasteiger partial charge is 0.357 e. The molecule has 8 nitrogen and oxygen atoms in total. The minimum absolute atomic E-state index is 0.492. The highest BCUT2D eigenvalue weighted by molar-refractivity contribution is 7.09. The third-order valence-corrected chi connectivity index (χ3v) is 3.61. The Morgan fingerprint density at radius 1 is 1.19 bits per heavy atom. The van der Waals surface area contributed by atoms with Crippen LogP contribution in [0.15, 0.2) is 24.1 Å². The first-order valence-corrected chi connectivity index (χ1v) is 7.19. The molecule has 0 saturated heterocycles. The molecule has 0 aliphatic rings. The van der Waals surface area contributed by atoms with Crippen LogP contribution >= 0.6 is 11.3 Å². The average Bonchev–Trinajstić information content (AvgIpc) is 3.16. The second-order valence-corrected chi connectivity index (χ2v) is 5.18. The van der Waals surface area contributed by atoms with Gasteiger partial charge in [0.25, 0.3) is 0 Å². The normalized spacial score (nSPS) is 10.6. The minimum atomic E-state index is 0.492. The topological polar surface area (TPSA) is 93.4 Å². The number of imidazole rings is 1. The molecule has 0 aromatic carbocycles. The summed E-state index contributed by atoms with van der Waals surface area (Å²) < 4.78 is 1.72. The molecule has 2 N–H and O–H groups in total. The van der Waals surface area contributed by atoms with Crippen molar-refractivity contribution in [1.29, 1.82) is 0 Å². The van der Waals surface area contributed by atoms with Gasteiger partial charge in [-0.05, 0) is 6.92 Å². The van der Waals surface area contributed by atoms with Crippen LogP contribution in [0.25, 0.3) is 5.95 Å². The van der Waals surface area contributed by atoms with Gasteiger partial charge in [-0.3, -0.25) is 4.57 Å². The number of rotatable bonds is 5. The summed E-state index contributed by atoms with van der Waals surface area (Å²) in [6.07, 6.45) is 5.10. The van der Waals surface area contributed by atoms with E-state index in [2.05, 4.69) is 35.6 Å². The highest BCUT2D eigenvalue weighted by Crippen LogP contribution is 2.12. The van der Waals surface area contributed by atoms with Gasteiger partial charge in [0.15, 0.2) is 0 Å². The fraction of sp³-hybridized carbons (Fsp3) is 0.250. The third kappa shape index (κ3) is 3.14. The van der Waals surface area contributed by atoms with Crippen LogP contribution in [0.5, 0.6) is 0 Å². The van der Waals surface area contributed by atoms with Gasteiger partial charge >= 0.3 is 0 Å². The van der Waals surface area contributed by atoms with Crippen LogP contribution in [-0.2, 0) is 6.54 Å². The van der Waals surface area contributed by atoms with E-state index in [9.17, 15) is 0 Å². The molecule has 0 amide bonds. The van der Waals surface area contributed by atoms with Crippen LogP contribution in [0.2, 0.25) is 0 Å². The Hall–Kier alpha value is -2.55. The molecule has 0 spiro atoms. The molecule has 0 saturated carbocycles. The van der Waals surface area contributed by atoms with Crippen molar-refractivity contribution in [2.24, 2.45) is 0 Å². The van der Waals surface area contributed by atoms with Crippen molar-refractivity contribution in [3.05, 3.63) is 34.8 Å². The molecule has 0 fully saturated rings. The van der Waals surface area contributed by atoms with Gasteiger partial charge < -0.3 is 10.6 Å². The van der Waals surface area contributed by atoms with E-state index in [1.54, 1.807) is 41.7 Å². The van der Waals surface area contributed by atoms with E-state index in [4.69, 9.17) is 0 Å². The van der Waals surface area contributed by atoms with E-state index in [1.807, 2.05) is 12.3 Å². The van der Waals surface area contributed by atoms with Gasteiger partial charge in [-0.1, -0.05) is 0 Å². The number of aryl methyl sites for hydroxylation is 1. The Kier molecular flexibility index (Phi) is 3.73. The number of aromatic nitrogens is 6. The summed E-state index contributed by atoms with van der Waals surface area (Å²) in [6, 6.07) is 0. The lowest BCUT2D eigenvalue weighted by Gasteiger charge is -2.07. The lowest BCUT2D eigenvalue weighted by atomic mass is 10.6. The molecule has 108 valence electrons. The first-order valence-electron chi connectivity index (χ1n) is 6.31. The summed E-state index contributed by atoms with van der Waals surface area (Å²) in [6.45, 7) is 2.55. The summed E-state index contributed by atoms with van der Waals surface area (Å²) >= 11 is 1.61. The zero-order valence-corrected chi connectivity index (χ0v) is 12.4. The molecule has 0 aliphatic heterocycles. The maximum atomic E-state index is 4.39. The van der Waals surface area contributed by atoms with Crippen molar-refractivity contribution in [2.45, 2.75) is 13.5 Å². The monoisotopic (exact) mass is 302 g/mol. The first kappa shape index (κ1) is 13.4. The molecule has 9 heteroatoms. The van der Waals surface area contributed by atoms with Crippen LogP contribution in [-0.4, -0.2) is 36.5 Å². The molecule has 21 heavy (non-hydrogen) atoms. The third-order valence-electron chi connectivity index (χ3n) is 2.65. The van der Waals surface area contributed by atoms with E-state index in [-0.39, 0.29) is 0 Å². The Morgan fingerprint density at radius 3 is 2.71 bits per heavy atom. The first-order chi connectivity index (χ1) is 10.2. The van der Waals surface area contributed by atoms with Crippen LogP contribution in [0.3, 0.4) is 0 Å². The SMILES string of the molecule is CNc1nc(NCc2nc(C)cs2)nc(-n2ccnc2)n1. The molecule has 3 rings (SSSR count). The molecule has 0 aliphatic carbocycles. The molecular formula is C12H14N8S. The summed E-state index contributed by atoms with van der Waals surface area (Å²) in [5.41, 5.74) is 1.02. The van der Waals surface area contributed by atoms with E-state index in [0.717, 1.165) is 10.7 Å². The van der Waals surface area contributed by atoms with Crippen molar-refractivity contribution in [3.8, 4) is 5.95 Å². The van der Waals surface area contributed by atoms with Gasteiger partial charge in [0.2, 0.25) is 17.8 Å². The Balaban J connectivity index is 1.82. The maximum Gasteiger partial charge on any atom is 0.241 e. The number of nitrogens with zero attached hydrogens (tertiary/aromatic N) is 6. The van der Waals surface area contributed by atoms with Gasteiger partial charge in [0.1, 0.15) is 11.3 Å². The van der Waals surface area contributed by atoms with Gasteiger partial charge in [0.05, 0.1) is 6.54 Å². The lowest BCUT2D eigenvalue weighted by Crippen LogP contribution is -2.10. The van der Waals surface area contributed by atoms with Gasteiger partial charge in [-0.25, -0.2) is 9.97 Å². The molecule has 0 bridgehead atoms. The smallest absolute Gasteiger partial charge is 0.241 e. The molecule has 3 aromatic rings. The number of anilines is 2. The van der Waals surface area contributed by atoms with Crippen molar-refractivity contribution in [3.63, 3.8) is 0 Å². The van der Waals surface area contributed by atoms with Crippen molar-refractivity contribution >= 4 is 23.2 Å². The predicted octanol–water partition coefficient (Wildman–Crippen LogP) is 1.48. The lowest BCUT2D eigenvalue weighted by molar-refractivity contribution is 0.890. The van der Waals surface area contributed by atoms with Gasteiger partial charge in [0, 0.05) is 30.5 Å². The summed E-state index contributed by atoms with van der Waals surface area (Å²) in [5, 5.41) is 9.09. The van der Waals surface area contributed by atoms with Crippen molar-refractivity contribution in [1.82, 2.24) is 29.5 Å². The van der Waals surface area contributed by atoms with E-state index >= 15 is 0 Å². The second kappa shape index (κ2) is 5.83. The molecule has 0 radical (unpaired) electrons. The molecule has 0 unspecified atom stereocenters. The molecule has 3 aromatic heterocycles. The Bertz CT molecular complexity index is 721. The summed E-state index contributed by atoms with van der Waals surface area (Å²) in [7, 11) is 1.76. The standard InChI is InChI=1S/C12H14N8S/c1-8-6-21-9(16-8)5-15-11-17-10(13-2)18-12(19-11)20-4-3-14-7-20/h3-4,6-7H,5H2,1-2H3,(H2,13,15,17,18,19). The molecule has 0 atom stereocenters. The highest BCUT2D eigenvalue weighted by atomic mass is 32.1. The van der Waals surface area contributed by atoms with Gasteiger partial charge in [-0.2, -0.15) is 15.0 Å². The van der Waals surface area contributed by atoms with Crippen LogP contribution in [0, 0.1) is 6.92 Å². The summed E-state index contributed by atoms with van der Waals surface area (Å²) in [5.74, 6) is 1.49. The second-order valence-electron chi connectivity index (χ2n) is 4.24. The average molecular weight is 302 g/mol. The number of thiazole rings is 1. The maximum absolute atomic E-state index is 4.39. The number of nitrogens with one attached hydrogen (secondary N) is 2. The van der Waals surface area contributed by atoms with Crippen LogP contribution < -0.4 is 10.6 Å². The molecular weight excluding hydrogens is 288 g/mol. The van der Waals surface area contributed by atoms with E-state index < -0.39 is 0 Å². The van der Waals surface area contributed by atoms with E-state index in [1.165, 1.54) is 0 Å². The minimum Gasteiger partial charge on any atom is -0.357 e. The zero-order valence-electron chi connectivity index (χ0n) is 11.6. The molecule has 3 heterocycles. The fourth-order valence-electron chi connectivity index (χ4n) is 1.69. The number of hydrogen-bond acceptors (Lipinski definition) is 8. The van der Waals surface area contributed by atoms with Gasteiger partial charge in [-0.15, -0.1) is 11.3 Å². The Labute approximate surface area is 125 Å². The summed E-state index contributed by atoms with van der Waals surface area (Å²) in [4.78, 5) is 21.3. The number of hydrogen-bond donors (Lipinski definition) is 2. The van der Waals surface area contributed by atoms with Crippen LogP contribution in [0.4, 0.5) is 11.9 Å². The Morgan fingerprint density at radius 2 is 2.05 bits per heavy atom.